The molecule has 2 saturated carbocycles. The number of benzene rings is 1. The van der Waals surface area contributed by atoms with Gasteiger partial charge in [0.05, 0.1) is 18.4 Å². The molecular weight excluding hydrogens is 796 g/mol. The van der Waals surface area contributed by atoms with E-state index in [2.05, 4.69) is 20.3 Å². The van der Waals surface area contributed by atoms with Gasteiger partial charge in [-0.15, -0.1) is 0 Å². The number of hydrogen-bond acceptors (Lipinski definition) is 10. The summed E-state index contributed by atoms with van der Waals surface area (Å²) in [6.07, 6.45) is 5.77. The van der Waals surface area contributed by atoms with E-state index >= 15 is 4.39 Å². The molecule has 0 unspecified atom stereocenters. The molecule has 4 aliphatic rings. The molecule has 1 aromatic heterocycles. The summed E-state index contributed by atoms with van der Waals surface area (Å²) < 4.78 is 88.9. The highest BCUT2D eigenvalue weighted by Crippen LogP contribution is 2.46. The number of nitrogens with zero attached hydrogens (tertiary/aromatic N) is 2. The fourth-order valence-electron chi connectivity index (χ4n) is 7.86. The second-order valence-electron chi connectivity index (χ2n) is 16.9. The van der Waals surface area contributed by atoms with Gasteiger partial charge in [0.2, 0.25) is 27.7 Å². The number of alkyl halides is 2. The molecule has 4 amide bonds. The van der Waals surface area contributed by atoms with E-state index in [4.69, 9.17) is 14.2 Å². The number of aromatic nitrogens is 1. The first-order valence-corrected chi connectivity index (χ1v) is 21.8. The number of alkyl carbamates (subject to hydrolysis) is 1. The van der Waals surface area contributed by atoms with Crippen molar-refractivity contribution in [2.24, 2.45) is 17.8 Å². The SMILES string of the molecule is CCOc1cc2ccnc(O[C@@H]3C[C@H]4C(=O)N[C@]5(C(=O)NS(=O)(=O)C6CC6)C[C@H]5C=CCC[C@H](C)C[C@@H](CC)[C@H](NC(=O)OC(C)(C)C(C)(F)F)C(=O)N4C3)c2cc1F. The fraction of sp³-hybridized carbons (Fsp3) is 0.634. The molecule has 18 heteroatoms. The molecule has 2 aliphatic carbocycles. The van der Waals surface area contributed by atoms with Gasteiger partial charge in [0, 0.05) is 30.8 Å². The predicted molar refractivity (Wildman–Crippen MR) is 211 cm³/mol. The normalized spacial score (nSPS) is 28.1. The highest BCUT2D eigenvalue weighted by atomic mass is 32.2. The van der Waals surface area contributed by atoms with Gasteiger partial charge in [0.15, 0.2) is 17.2 Å². The first kappa shape index (κ1) is 44.0. The maximum atomic E-state index is 15.1. The third-order valence-corrected chi connectivity index (χ3v) is 13.8. The summed E-state index contributed by atoms with van der Waals surface area (Å²) in [4.78, 5) is 62.2. The molecule has 3 heterocycles. The van der Waals surface area contributed by atoms with Gasteiger partial charge in [-0.05, 0) is 94.7 Å². The van der Waals surface area contributed by atoms with E-state index in [1.165, 1.54) is 23.2 Å². The lowest BCUT2D eigenvalue weighted by atomic mass is 9.85. The number of hydrogen-bond donors (Lipinski definition) is 3. The molecule has 1 saturated heterocycles. The molecule has 0 spiro atoms. The van der Waals surface area contributed by atoms with Crippen LogP contribution in [0, 0.1) is 23.6 Å². The highest BCUT2D eigenvalue weighted by molar-refractivity contribution is 7.91. The molecule has 6 rings (SSSR count). The van der Waals surface area contributed by atoms with Gasteiger partial charge < -0.3 is 29.7 Å². The lowest BCUT2D eigenvalue weighted by Gasteiger charge is -2.35. The Balaban J connectivity index is 1.37. The summed E-state index contributed by atoms with van der Waals surface area (Å²) in [5.74, 6) is -7.50. The number of carbonyl (C=O) groups excluding carboxylic acids is 4. The third kappa shape index (κ3) is 9.57. The number of amides is 4. The smallest absolute Gasteiger partial charge is 0.408 e. The molecule has 14 nitrogen and oxygen atoms in total. The van der Waals surface area contributed by atoms with Gasteiger partial charge >= 0.3 is 6.09 Å². The Morgan fingerprint density at radius 1 is 1.10 bits per heavy atom. The van der Waals surface area contributed by atoms with Gasteiger partial charge in [-0.3, -0.25) is 19.1 Å². The Morgan fingerprint density at radius 3 is 2.49 bits per heavy atom. The zero-order valence-corrected chi connectivity index (χ0v) is 35.0. The molecule has 0 bridgehead atoms. The molecule has 2 aliphatic heterocycles. The second kappa shape index (κ2) is 16.8. The lowest BCUT2D eigenvalue weighted by molar-refractivity contribution is -0.152. The predicted octanol–water partition coefficient (Wildman–Crippen LogP) is 5.54. The van der Waals surface area contributed by atoms with Crippen LogP contribution in [0.15, 0.2) is 36.5 Å². The first-order valence-electron chi connectivity index (χ1n) is 20.3. The van der Waals surface area contributed by atoms with E-state index in [1.54, 1.807) is 19.1 Å². The Bertz CT molecular complexity index is 2090. The minimum absolute atomic E-state index is 0.00138. The third-order valence-electron chi connectivity index (χ3n) is 12.0. The highest BCUT2D eigenvalue weighted by Gasteiger charge is 2.62. The molecule has 2 aromatic rings. The van der Waals surface area contributed by atoms with Crippen molar-refractivity contribution in [3.05, 3.63) is 42.4 Å². The van der Waals surface area contributed by atoms with Crippen molar-refractivity contribution >= 4 is 44.6 Å². The van der Waals surface area contributed by atoms with Crippen LogP contribution in [0.5, 0.6) is 11.6 Å². The Kier molecular flexibility index (Phi) is 12.5. The van der Waals surface area contributed by atoms with Crippen LogP contribution in [0.25, 0.3) is 10.8 Å². The van der Waals surface area contributed by atoms with Crippen molar-refractivity contribution in [3.63, 3.8) is 0 Å². The number of nitrogens with one attached hydrogen (secondary N) is 3. The fourth-order valence-corrected chi connectivity index (χ4v) is 9.22. The second-order valence-corrected chi connectivity index (χ2v) is 18.9. The molecular formula is C41H54F3N5O9S. The first-order chi connectivity index (χ1) is 27.7. The van der Waals surface area contributed by atoms with Crippen molar-refractivity contribution in [2.45, 2.75) is 133 Å². The number of carbonyl (C=O) groups is 4. The van der Waals surface area contributed by atoms with Crippen molar-refractivity contribution in [1.82, 2.24) is 25.2 Å². The monoisotopic (exact) mass is 849 g/mol. The van der Waals surface area contributed by atoms with E-state index in [-0.39, 0.29) is 43.5 Å². The number of allylic oxidation sites excluding steroid dienone is 1. The standard InChI is InChI=1S/C41H54F3N5O9S/c1-7-24-17-23(3)11-9-10-12-26-21-41(26,37(52)48-59(54,55)28-13-14-28)47-34(50)31-19-27(57-35-29-20-30(42)32(56-8-2)18-25(29)15-16-45-35)22-49(31)36(51)33(24)46-38(53)58-39(4,5)40(6,43)44/h10,12,15-16,18,20,23-24,26-28,31,33H,7-9,11,13-14,17,19,21-22H2,1-6H3,(H,46,53)(H,47,50)(H,48,52)/t23-,24+,26+,27+,31-,33-,41+/m0/s1. The number of fused-ring (bicyclic) bond motifs is 3. The van der Waals surface area contributed by atoms with Crippen LogP contribution >= 0.6 is 0 Å². The van der Waals surface area contributed by atoms with Crippen LogP contribution in [0.1, 0.15) is 92.9 Å². The summed E-state index contributed by atoms with van der Waals surface area (Å²) >= 11 is 0. The average molecular weight is 850 g/mol. The minimum atomic E-state index is -3.98. The summed E-state index contributed by atoms with van der Waals surface area (Å²) in [5, 5.41) is 5.51. The van der Waals surface area contributed by atoms with Crippen molar-refractivity contribution in [2.75, 3.05) is 13.2 Å². The van der Waals surface area contributed by atoms with Gasteiger partial charge in [-0.2, -0.15) is 0 Å². The van der Waals surface area contributed by atoms with Gasteiger partial charge in [0.1, 0.15) is 23.7 Å². The maximum Gasteiger partial charge on any atom is 0.408 e. The van der Waals surface area contributed by atoms with Crippen molar-refractivity contribution in [1.29, 1.82) is 0 Å². The summed E-state index contributed by atoms with van der Waals surface area (Å²) in [7, 11) is -3.98. The summed E-state index contributed by atoms with van der Waals surface area (Å²) in [6.45, 7) is 8.26. The van der Waals surface area contributed by atoms with Crippen molar-refractivity contribution < 1.29 is 55.0 Å². The van der Waals surface area contributed by atoms with E-state index in [1.807, 2.05) is 19.9 Å². The van der Waals surface area contributed by atoms with Crippen LogP contribution < -0.4 is 24.8 Å². The van der Waals surface area contributed by atoms with E-state index in [0.717, 1.165) is 13.8 Å². The number of ether oxygens (including phenoxy) is 3. The number of pyridine rings is 1. The van der Waals surface area contributed by atoms with Crippen LogP contribution in [0.2, 0.25) is 0 Å². The van der Waals surface area contributed by atoms with Crippen LogP contribution in [-0.4, -0.2) is 95.8 Å². The molecule has 324 valence electrons. The lowest BCUT2D eigenvalue weighted by Crippen LogP contribution is -2.59. The van der Waals surface area contributed by atoms with Gasteiger partial charge in [-0.1, -0.05) is 32.4 Å². The Morgan fingerprint density at radius 2 is 1.83 bits per heavy atom. The van der Waals surface area contributed by atoms with Crippen LogP contribution in [-0.2, 0) is 29.1 Å². The van der Waals surface area contributed by atoms with E-state index < -0.39 is 92.0 Å². The molecule has 3 fully saturated rings. The molecule has 3 N–H and O–H groups in total. The summed E-state index contributed by atoms with van der Waals surface area (Å²) in [6, 6.07) is 1.69. The topological polar surface area (TPSA) is 182 Å². The number of halogens is 3. The molecule has 0 radical (unpaired) electrons. The average Bonchev–Trinajstić information content (AvgIpc) is 4.08. The number of sulfonamides is 1. The quantitative estimate of drug-likeness (QED) is 0.243. The van der Waals surface area contributed by atoms with E-state index in [9.17, 15) is 36.4 Å². The van der Waals surface area contributed by atoms with Gasteiger partial charge in [0.25, 0.3) is 11.8 Å². The van der Waals surface area contributed by atoms with Crippen LogP contribution in [0.3, 0.4) is 0 Å². The maximum absolute atomic E-state index is 15.1. The largest absolute Gasteiger partial charge is 0.491 e. The zero-order chi connectivity index (χ0) is 43.1. The minimum Gasteiger partial charge on any atom is -0.491 e. The summed E-state index contributed by atoms with van der Waals surface area (Å²) in [5.41, 5.74) is -3.88. The van der Waals surface area contributed by atoms with Crippen molar-refractivity contribution in [3.8, 4) is 11.6 Å². The Labute approximate surface area is 342 Å². The molecule has 1 aromatic carbocycles. The zero-order valence-electron chi connectivity index (χ0n) is 34.2. The molecule has 59 heavy (non-hydrogen) atoms. The number of rotatable bonds is 11. The van der Waals surface area contributed by atoms with Gasteiger partial charge in [-0.25, -0.2) is 31.4 Å². The Hall–Kier alpha value is -4.61. The van der Waals surface area contributed by atoms with Crippen LogP contribution in [0.4, 0.5) is 18.0 Å². The molecule has 7 atom stereocenters. The van der Waals surface area contributed by atoms with E-state index in [0.29, 0.717) is 56.2 Å².